The van der Waals surface area contributed by atoms with Crippen molar-refractivity contribution in [3.63, 3.8) is 0 Å². The molecule has 6 heteroatoms. The molecule has 2 unspecified atom stereocenters. The van der Waals surface area contributed by atoms with Gasteiger partial charge < -0.3 is 11.1 Å². The van der Waals surface area contributed by atoms with Crippen LogP contribution in [0.4, 0.5) is 0 Å². The number of nitrogens with two attached hydrogens (primary N) is 1. The van der Waals surface area contributed by atoms with Gasteiger partial charge in [-0.2, -0.15) is 0 Å². The van der Waals surface area contributed by atoms with E-state index in [4.69, 9.17) is 5.73 Å². The summed E-state index contributed by atoms with van der Waals surface area (Å²) in [5.74, 6) is -0.0613. The fourth-order valence-corrected chi connectivity index (χ4v) is 2.78. The van der Waals surface area contributed by atoms with E-state index in [1.807, 2.05) is 30.3 Å². The van der Waals surface area contributed by atoms with Gasteiger partial charge >= 0.3 is 0 Å². The van der Waals surface area contributed by atoms with Gasteiger partial charge in [0.25, 0.3) is 0 Å². The topological polar surface area (TPSA) is 58.4 Å². The number of rotatable bonds is 4. The van der Waals surface area contributed by atoms with Crippen LogP contribution in [-0.2, 0) is 4.79 Å². The highest BCUT2D eigenvalue weighted by molar-refractivity contribution is 5.85. The third kappa shape index (κ3) is 4.58. The Morgan fingerprint density at radius 3 is 2.48 bits per heavy atom. The van der Waals surface area contributed by atoms with Crippen LogP contribution in [0.15, 0.2) is 30.3 Å². The molecule has 1 aliphatic carbocycles. The predicted molar refractivity (Wildman–Crippen MR) is 89.0 cm³/mol. The van der Waals surface area contributed by atoms with E-state index < -0.39 is 6.04 Å². The van der Waals surface area contributed by atoms with Crippen molar-refractivity contribution in [2.45, 2.75) is 37.4 Å². The summed E-state index contributed by atoms with van der Waals surface area (Å²) in [6, 6.07) is 10.0. The lowest BCUT2D eigenvalue weighted by atomic mass is 10.1. The van der Waals surface area contributed by atoms with Crippen molar-refractivity contribution in [3.8, 4) is 0 Å². The number of likely N-dealkylation sites (tertiary alicyclic amines) is 1. The van der Waals surface area contributed by atoms with Gasteiger partial charge in [-0.15, -0.1) is 24.8 Å². The number of nitrogens with zero attached hydrogens (tertiary/aromatic N) is 1. The lowest BCUT2D eigenvalue weighted by Gasteiger charge is -2.18. The molecule has 4 nitrogen and oxygen atoms in total. The first-order valence-corrected chi connectivity index (χ1v) is 7.09. The normalized spacial score (nSPS) is 22.8. The summed E-state index contributed by atoms with van der Waals surface area (Å²) in [7, 11) is 0. The lowest BCUT2D eigenvalue weighted by molar-refractivity contribution is -0.123. The number of hydrogen-bond acceptors (Lipinski definition) is 3. The Bertz CT molecular complexity index is 453. The monoisotopic (exact) mass is 331 g/mol. The van der Waals surface area contributed by atoms with E-state index in [-0.39, 0.29) is 36.8 Å². The van der Waals surface area contributed by atoms with Gasteiger partial charge in [-0.25, -0.2) is 0 Å². The minimum absolute atomic E-state index is 0. The Hall–Kier alpha value is -0.810. The second kappa shape index (κ2) is 7.99. The fourth-order valence-electron chi connectivity index (χ4n) is 2.78. The van der Waals surface area contributed by atoms with Crippen LogP contribution in [0, 0.1) is 0 Å². The van der Waals surface area contributed by atoms with Crippen molar-refractivity contribution in [1.82, 2.24) is 10.2 Å². The molecule has 21 heavy (non-hydrogen) atoms. The predicted octanol–water partition coefficient (Wildman–Crippen LogP) is 1.88. The van der Waals surface area contributed by atoms with E-state index in [0.717, 1.165) is 31.1 Å². The lowest BCUT2D eigenvalue weighted by Crippen LogP contribution is -2.42. The Labute approximate surface area is 138 Å². The molecule has 1 saturated heterocycles. The molecule has 1 heterocycles. The maximum Gasteiger partial charge on any atom is 0.241 e. The molecule has 0 bridgehead atoms. The maximum atomic E-state index is 12.1. The maximum absolute atomic E-state index is 12.1. The molecule has 1 aromatic rings. The molecule has 1 aromatic carbocycles. The van der Waals surface area contributed by atoms with E-state index in [2.05, 4.69) is 10.2 Å². The van der Waals surface area contributed by atoms with E-state index in [1.54, 1.807) is 0 Å². The molecule has 3 rings (SSSR count). The highest BCUT2D eigenvalue weighted by Gasteiger charge is 2.35. The van der Waals surface area contributed by atoms with E-state index >= 15 is 0 Å². The summed E-state index contributed by atoms with van der Waals surface area (Å²) >= 11 is 0. The van der Waals surface area contributed by atoms with Crippen molar-refractivity contribution in [2.24, 2.45) is 5.73 Å². The molecule has 0 spiro atoms. The van der Waals surface area contributed by atoms with Crippen molar-refractivity contribution in [3.05, 3.63) is 35.9 Å². The number of carbonyl (C=O) groups excluding carboxylic acids is 1. The Morgan fingerprint density at radius 1 is 1.19 bits per heavy atom. The van der Waals surface area contributed by atoms with E-state index in [9.17, 15) is 4.79 Å². The van der Waals surface area contributed by atoms with Crippen LogP contribution < -0.4 is 11.1 Å². The van der Waals surface area contributed by atoms with E-state index in [1.165, 1.54) is 12.8 Å². The van der Waals surface area contributed by atoms with Gasteiger partial charge in [0, 0.05) is 25.2 Å². The number of nitrogens with one attached hydrogen (secondary N) is 1. The van der Waals surface area contributed by atoms with E-state index in [0.29, 0.717) is 0 Å². The second-order valence-electron chi connectivity index (χ2n) is 5.61. The summed E-state index contributed by atoms with van der Waals surface area (Å²) in [6.07, 6.45) is 3.69. The fraction of sp³-hybridized carbons (Fsp3) is 0.533. The van der Waals surface area contributed by atoms with Gasteiger partial charge in [0.05, 0.1) is 0 Å². The van der Waals surface area contributed by atoms with Crippen LogP contribution in [0.25, 0.3) is 0 Å². The first-order valence-electron chi connectivity index (χ1n) is 7.09. The van der Waals surface area contributed by atoms with Crippen LogP contribution in [0.1, 0.15) is 30.9 Å². The first-order chi connectivity index (χ1) is 9.24. The van der Waals surface area contributed by atoms with Gasteiger partial charge in [0.2, 0.25) is 5.91 Å². The molecule has 1 aliphatic heterocycles. The third-order valence-corrected chi connectivity index (χ3v) is 4.07. The SMILES string of the molecule is Cl.Cl.NC(C(=O)NC1CCN(C2CC2)C1)c1ccccc1. The minimum Gasteiger partial charge on any atom is -0.350 e. The van der Waals surface area contributed by atoms with Crippen molar-refractivity contribution in [1.29, 1.82) is 0 Å². The molecule has 118 valence electrons. The largest absolute Gasteiger partial charge is 0.350 e. The van der Waals surface area contributed by atoms with Crippen LogP contribution in [0.5, 0.6) is 0 Å². The highest BCUT2D eigenvalue weighted by Crippen LogP contribution is 2.29. The third-order valence-electron chi connectivity index (χ3n) is 4.07. The molecule has 3 N–H and O–H groups in total. The molecule has 2 fully saturated rings. The summed E-state index contributed by atoms with van der Waals surface area (Å²) < 4.78 is 0. The van der Waals surface area contributed by atoms with Gasteiger partial charge in [-0.3, -0.25) is 9.69 Å². The number of hydrogen-bond donors (Lipinski definition) is 2. The first kappa shape index (κ1) is 18.2. The highest BCUT2D eigenvalue weighted by atomic mass is 35.5. The van der Waals surface area contributed by atoms with Gasteiger partial charge in [-0.1, -0.05) is 30.3 Å². The van der Waals surface area contributed by atoms with Gasteiger partial charge in [0.15, 0.2) is 0 Å². The zero-order chi connectivity index (χ0) is 13.2. The summed E-state index contributed by atoms with van der Waals surface area (Å²) in [4.78, 5) is 14.6. The summed E-state index contributed by atoms with van der Waals surface area (Å²) in [5, 5.41) is 3.08. The molecule has 0 aromatic heterocycles. The molecule has 2 atom stereocenters. The van der Waals surface area contributed by atoms with Crippen molar-refractivity contribution in [2.75, 3.05) is 13.1 Å². The van der Waals surface area contributed by atoms with Crippen molar-refractivity contribution < 1.29 is 4.79 Å². The number of halogens is 2. The Kier molecular flexibility index (Phi) is 6.94. The molecule has 1 saturated carbocycles. The zero-order valence-corrected chi connectivity index (χ0v) is 13.5. The molecule has 1 amide bonds. The number of benzene rings is 1. The number of amides is 1. The van der Waals surface area contributed by atoms with Crippen LogP contribution in [0.2, 0.25) is 0 Å². The zero-order valence-electron chi connectivity index (χ0n) is 11.9. The van der Waals surface area contributed by atoms with Crippen LogP contribution in [-0.4, -0.2) is 36.0 Å². The second-order valence-corrected chi connectivity index (χ2v) is 5.61. The average Bonchev–Trinajstić information content (AvgIpc) is 3.20. The summed E-state index contributed by atoms with van der Waals surface area (Å²) in [6.45, 7) is 2.09. The van der Waals surface area contributed by atoms with Crippen molar-refractivity contribution >= 4 is 30.7 Å². The molecule has 0 radical (unpaired) electrons. The summed E-state index contributed by atoms with van der Waals surface area (Å²) in [5.41, 5.74) is 6.87. The van der Waals surface area contributed by atoms with Crippen LogP contribution in [0.3, 0.4) is 0 Å². The quantitative estimate of drug-likeness (QED) is 0.885. The molecular weight excluding hydrogens is 309 g/mol. The van der Waals surface area contributed by atoms with Crippen LogP contribution >= 0.6 is 24.8 Å². The standard InChI is InChI=1S/C15H21N3O.2ClH/c16-14(11-4-2-1-3-5-11)15(19)17-12-8-9-18(10-12)13-6-7-13;;/h1-5,12-14H,6-10,16H2,(H,17,19);2*1H. The Balaban J connectivity index is 0.00000110. The smallest absolute Gasteiger partial charge is 0.241 e. The minimum atomic E-state index is -0.559. The molecular formula is C15H23Cl2N3O. The van der Waals surface area contributed by atoms with Gasteiger partial charge in [-0.05, 0) is 24.8 Å². The Morgan fingerprint density at radius 2 is 1.86 bits per heavy atom. The van der Waals surface area contributed by atoms with Gasteiger partial charge in [0.1, 0.15) is 6.04 Å². The molecule has 2 aliphatic rings. The number of carbonyl (C=O) groups is 1. The average molecular weight is 332 g/mol.